The van der Waals surface area contributed by atoms with Crippen LogP contribution in [-0.4, -0.2) is 13.4 Å². The molecule has 2 aliphatic rings. The molecule has 5 heteroatoms. The van der Waals surface area contributed by atoms with Crippen LogP contribution in [0.15, 0.2) is 53.6 Å². The van der Waals surface area contributed by atoms with Crippen molar-refractivity contribution in [1.82, 2.24) is 4.98 Å². The fourth-order valence-electron chi connectivity index (χ4n) is 3.96. The van der Waals surface area contributed by atoms with Crippen molar-refractivity contribution in [2.24, 2.45) is 10.6 Å². The maximum Gasteiger partial charge on any atom is 0.238 e. The number of rotatable bonds is 3. The van der Waals surface area contributed by atoms with Gasteiger partial charge in [0.15, 0.2) is 0 Å². The van der Waals surface area contributed by atoms with E-state index in [1.54, 1.807) is 12.1 Å². The maximum atomic E-state index is 11.5. The van der Waals surface area contributed by atoms with Crippen molar-refractivity contribution in [2.75, 3.05) is 0 Å². The number of primary sulfonamides is 1. The Bertz CT molecular complexity index is 896. The van der Waals surface area contributed by atoms with Gasteiger partial charge in [0.1, 0.15) is 0 Å². The first-order valence-corrected chi connectivity index (χ1v) is 9.78. The van der Waals surface area contributed by atoms with Crippen LogP contribution in [0.25, 0.3) is 11.1 Å². The highest BCUT2D eigenvalue weighted by Gasteiger charge is 2.43. The first-order valence-electron chi connectivity index (χ1n) is 8.24. The smallest absolute Gasteiger partial charge is 0.238 e. The summed E-state index contributed by atoms with van der Waals surface area (Å²) in [5, 5.41) is 5.20. The van der Waals surface area contributed by atoms with E-state index in [1.807, 2.05) is 30.5 Å². The molecule has 1 heterocycles. The fraction of sp³-hybridized carbons (Fsp3) is 0.316. The minimum atomic E-state index is -3.65. The molecular weight excluding hydrogens is 320 g/mol. The quantitative estimate of drug-likeness (QED) is 0.928. The Hall–Kier alpha value is -1.98. The lowest BCUT2D eigenvalue weighted by Gasteiger charge is -2.39. The van der Waals surface area contributed by atoms with Crippen molar-refractivity contribution in [1.29, 1.82) is 0 Å². The zero-order chi connectivity index (χ0) is 16.8. The van der Waals surface area contributed by atoms with Gasteiger partial charge in [-0.25, -0.2) is 13.6 Å². The maximum absolute atomic E-state index is 11.5. The molecule has 2 N–H and O–H groups in total. The van der Waals surface area contributed by atoms with Crippen molar-refractivity contribution in [3.05, 3.63) is 59.9 Å². The van der Waals surface area contributed by atoms with Gasteiger partial charge in [-0.1, -0.05) is 24.6 Å². The molecule has 0 radical (unpaired) electrons. The van der Waals surface area contributed by atoms with E-state index in [0.29, 0.717) is 5.41 Å². The lowest BCUT2D eigenvalue weighted by Crippen LogP contribution is -2.26. The predicted molar refractivity (Wildman–Crippen MR) is 94.4 cm³/mol. The summed E-state index contributed by atoms with van der Waals surface area (Å²) in [7, 11) is -3.65. The average molecular weight is 340 g/mol. The summed E-state index contributed by atoms with van der Waals surface area (Å²) in [6, 6.07) is 12.9. The Morgan fingerprint density at radius 1 is 0.958 bits per heavy atom. The molecule has 1 spiro atoms. The van der Waals surface area contributed by atoms with Crippen LogP contribution in [0.4, 0.5) is 0 Å². The molecule has 24 heavy (non-hydrogen) atoms. The number of pyridine rings is 1. The minimum Gasteiger partial charge on any atom is -0.257 e. The van der Waals surface area contributed by atoms with Gasteiger partial charge in [0.25, 0.3) is 0 Å². The number of nitrogens with two attached hydrogens (primary N) is 1. The van der Waals surface area contributed by atoms with Crippen LogP contribution in [0.1, 0.15) is 43.4 Å². The van der Waals surface area contributed by atoms with Crippen molar-refractivity contribution in [2.45, 2.75) is 37.0 Å². The number of nitrogens with zero attached hydrogens (tertiary/aromatic N) is 1. The first kappa shape index (κ1) is 15.5. The molecule has 4 nitrogen and oxygen atoms in total. The number of allylic oxidation sites excluding steroid dienone is 2. The normalized spacial score (nSPS) is 19.5. The standard InChI is InChI=1S/C19H20N2O2S/c20-24(22,23)15-7-5-14(6-8-15)16-12-19(9-3-10-19)13-17(16)18-4-1-2-11-21-18/h1-2,4-8,11H,3,9-10,12-13H2,(H2,20,22,23). The van der Waals surface area contributed by atoms with Gasteiger partial charge in [0.05, 0.1) is 10.6 Å². The molecule has 0 saturated heterocycles. The van der Waals surface area contributed by atoms with Crippen LogP contribution >= 0.6 is 0 Å². The Labute approximate surface area is 142 Å². The van der Waals surface area contributed by atoms with Gasteiger partial charge in [0, 0.05) is 6.20 Å². The molecular formula is C19H20N2O2S. The Morgan fingerprint density at radius 3 is 2.21 bits per heavy atom. The van der Waals surface area contributed by atoms with Crippen molar-refractivity contribution in [3.8, 4) is 0 Å². The summed E-state index contributed by atoms with van der Waals surface area (Å²) in [6.45, 7) is 0. The highest BCUT2D eigenvalue weighted by Crippen LogP contribution is 2.59. The Kier molecular flexibility index (Phi) is 3.58. The summed E-state index contributed by atoms with van der Waals surface area (Å²) < 4.78 is 22.9. The molecule has 4 rings (SSSR count). The van der Waals surface area contributed by atoms with Crippen LogP contribution in [0.3, 0.4) is 0 Å². The number of benzene rings is 1. The van der Waals surface area contributed by atoms with Crippen LogP contribution in [0, 0.1) is 5.41 Å². The average Bonchev–Trinajstić information content (AvgIpc) is 2.96. The second kappa shape index (κ2) is 5.53. The van der Waals surface area contributed by atoms with E-state index in [2.05, 4.69) is 11.1 Å². The summed E-state index contributed by atoms with van der Waals surface area (Å²) in [4.78, 5) is 4.70. The molecule has 1 aromatic carbocycles. The first-order chi connectivity index (χ1) is 11.5. The largest absolute Gasteiger partial charge is 0.257 e. The highest BCUT2D eigenvalue weighted by molar-refractivity contribution is 7.89. The van der Waals surface area contributed by atoms with E-state index in [4.69, 9.17) is 5.14 Å². The van der Waals surface area contributed by atoms with Crippen LogP contribution < -0.4 is 5.14 Å². The van der Waals surface area contributed by atoms with Crippen molar-refractivity contribution >= 4 is 21.2 Å². The summed E-state index contributed by atoms with van der Waals surface area (Å²) >= 11 is 0. The molecule has 0 amide bonds. The third-order valence-electron chi connectivity index (χ3n) is 5.39. The molecule has 1 fully saturated rings. The zero-order valence-electron chi connectivity index (χ0n) is 13.4. The van der Waals surface area contributed by atoms with Crippen LogP contribution in [-0.2, 0) is 10.0 Å². The third kappa shape index (κ3) is 2.68. The van der Waals surface area contributed by atoms with Crippen molar-refractivity contribution in [3.63, 3.8) is 0 Å². The van der Waals surface area contributed by atoms with E-state index in [-0.39, 0.29) is 4.90 Å². The molecule has 0 aliphatic heterocycles. The zero-order valence-corrected chi connectivity index (χ0v) is 14.2. The van der Waals surface area contributed by atoms with E-state index in [0.717, 1.165) is 24.1 Å². The molecule has 1 aromatic heterocycles. The Balaban J connectivity index is 1.77. The highest BCUT2D eigenvalue weighted by atomic mass is 32.2. The lowest BCUT2D eigenvalue weighted by molar-refractivity contribution is 0.157. The number of hydrogen-bond donors (Lipinski definition) is 1. The predicted octanol–water partition coefficient (Wildman–Crippen LogP) is 3.60. The van der Waals surface area contributed by atoms with Gasteiger partial charge in [0.2, 0.25) is 10.0 Å². The van der Waals surface area contributed by atoms with Crippen molar-refractivity contribution < 1.29 is 8.42 Å². The molecule has 0 unspecified atom stereocenters. The van der Waals surface area contributed by atoms with Gasteiger partial charge in [-0.3, -0.25) is 4.98 Å². The molecule has 1 saturated carbocycles. The molecule has 2 aromatic rings. The molecule has 2 aliphatic carbocycles. The molecule has 124 valence electrons. The van der Waals surface area contributed by atoms with Crippen LogP contribution in [0.5, 0.6) is 0 Å². The summed E-state index contributed by atoms with van der Waals surface area (Å²) in [5.74, 6) is 0. The van der Waals surface area contributed by atoms with E-state index < -0.39 is 10.0 Å². The fourth-order valence-corrected chi connectivity index (χ4v) is 4.48. The third-order valence-corrected chi connectivity index (χ3v) is 6.32. The SMILES string of the molecule is NS(=O)(=O)c1ccc(C2=C(c3ccccn3)CC3(CCC3)C2)cc1. The van der Waals surface area contributed by atoms with Crippen LogP contribution in [0.2, 0.25) is 0 Å². The second-order valence-corrected chi connectivity index (χ2v) is 8.51. The number of hydrogen-bond acceptors (Lipinski definition) is 3. The van der Waals surface area contributed by atoms with E-state index in [1.165, 1.54) is 30.4 Å². The summed E-state index contributed by atoms with van der Waals surface area (Å²) in [5.41, 5.74) is 5.10. The number of sulfonamides is 1. The molecule has 0 bridgehead atoms. The van der Waals surface area contributed by atoms with Gasteiger partial charge in [-0.2, -0.15) is 0 Å². The minimum absolute atomic E-state index is 0.155. The topological polar surface area (TPSA) is 73.1 Å². The summed E-state index contributed by atoms with van der Waals surface area (Å²) in [6.07, 6.45) is 7.77. The van der Waals surface area contributed by atoms with E-state index >= 15 is 0 Å². The monoisotopic (exact) mass is 340 g/mol. The van der Waals surface area contributed by atoms with Gasteiger partial charge < -0.3 is 0 Å². The van der Waals surface area contributed by atoms with Gasteiger partial charge in [-0.15, -0.1) is 0 Å². The molecule has 0 atom stereocenters. The number of aromatic nitrogens is 1. The van der Waals surface area contributed by atoms with Gasteiger partial charge >= 0.3 is 0 Å². The van der Waals surface area contributed by atoms with Gasteiger partial charge in [-0.05, 0) is 72.1 Å². The van der Waals surface area contributed by atoms with E-state index in [9.17, 15) is 8.42 Å². The lowest BCUT2D eigenvalue weighted by atomic mass is 9.66. The Morgan fingerprint density at radius 2 is 1.67 bits per heavy atom. The second-order valence-electron chi connectivity index (χ2n) is 6.95.